The van der Waals surface area contributed by atoms with E-state index in [1.807, 2.05) is 0 Å². The van der Waals surface area contributed by atoms with Gasteiger partial charge in [-0.05, 0) is 91.3 Å². The third-order valence-electron chi connectivity index (χ3n) is 10.3. The second-order valence-corrected chi connectivity index (χ2v) is 11.4. The number of hydrogen-bond donors (Lipinski definition) is 1. The Kier molecular flexibility index (Phi) is 5.63. The minimum atomic E-state index is -0.252. The predicted molar refractivity (Wildman–Crippen MR) is 112 cm³/mol. The van der Waals surface area contributed by atoms with Crippen LogP contribution in [0.3, 0.4) is 0 Å². The highest BCUT2D eigenvalue weighted by molar-refractivity contribution is 5.79. The summed E-state index contributed by atoms with van der Waals surface area (Å²) in [5.41, 5.74) is 0.499. The molecule has 0 aromatic rings. The second-order valence-electron chi connectivity index (χ2n) is 11.4. The van der Waals surface area contributed by atoms with Crippen LogP contribution in [0.25, 0.3) is 0 Å². The van der Waals surface area contributed by atoms with E-state index in [2.05, 4.69) is 20.8 Å². The molecular formula is C25H40O4. The third kappa shape index (κ3) is 3.38. The van der Waals surface area contributed by atoms with Gasteiger partial charge in [0.1, 0.15) is 5.78 Å². The number of ether oxygens (including phenoxy) is 1. The maximum atomic E-state index is 12.1. The van der Waals surface area contributed by atoms with Gasteiger partial charge in [0.25, 0.3) is 0 Å². The minimum absolute atomic E-state index is 0.103. The van der Waals surface area contributed by atoms with Gasteiger partial charge in [-0.15, -0.1) is 0 Å². The van der Waals surface area contributed by atoms with Gasteiger partial charge in [0.15, 0.2) is 0 Å². The minimum Gasteiger partial charge on any atom is -0.469 e. The Morgan fingerprint density at radius 3 is 2.62 bits per heavy atom. The van der Waals surface area contributed by atoms with Gasteiger partial charge in [0, 0.05) is 19.3 Å². The van der Waals surface area contributed by atoms with Crippen molar-refractivity contribution in [1.82, 2.24) is 0 Å². The van der Waals surface area contributed by atoms with Crippen LogP contribution in [-0.2, 0) is 14.3 Å². The lowest BCUT2D eigenvalue weighted by atomic mass is 9.44. The lowest BCUT2D eigenvalue weighted by Crippen LogP contribution is -2.58. The molecule has 4 rings (SSSR count). The number of aliphatic hydroxyl groups excluding tert-OH is 1. The first-order valence-corrected chi connectivity index (χ1v) is 12.0. The molecule has 0 bridgehead atoms. The number of carbonyl (C=O) groups excluding carboxylic acids is 2. The zero-order valence-corrected chi connectivity index (χ0v) is 18.8. The zero-order valence-electron chi connectivity index (χ0n) is 18.8. The van der Waals surface area contributed by atoms with E-state index in [0.717, 1.165) is 25.7 Å². The van der Waals surface area contributed by atoms with Crippen molar-refractivity contribution in [2.24, 2.45) is 46.3 Å². The highest BCUT2D eigenvalue weighted by atomic mass is 16.5. The topological polar surface area (TPSA) is 63.6 Å². The molecule has 5 unspecified atom stereocenters. The summed E-state index contributed by atoms with van der Waals surface area (Å²) in [7, 11) is 1.47. The first-order valence-electron chi connectivity index (χ1n) is 12.0. The molecule has 0 aromatic carbocycles. The molecule has 0 radical (unpaired) electrons. The largest absolute Gasteiger partial charge is 0.469 e. The van der Waals surface area contributed by atoms with Crippen LogP contribution in [0.2, 0.25) is 0 Å². The fourth-order valence-corrected chi connectivity index (χ4v) is 8.64. The number of hydrogen-bond acceptors (Lipinski definition) is 4. The molecule has 4 heteroatoms. The standard InChI is InChI=1S/C25H40O4/c1-15(5-8-22(28)29-4)18-6-7-19-23-20(10-12-25(18,19)3)24(2)11-9-17(26)13-16(24)14-21(23)27/h15-16,18-21,23,27H,5-14H2,1-4H3/t15-,16?,18?,19?,20?,21+,23?,24+,25-/m1/s1. The molecule has 0 amide bonds. The van der Waals surface area contributed by atoms with Gasteiger partial charge in [0.05, 0.1) is 13.2 Å². The molecule has 4 fully saturated rings. The predicted octanol–water partition coefficient (Wildman–Crippen LogP) is 4.77. The van der Waals surface area contributed by atoms with E-state index >= 15 is 0 Å². The Labute approximate surface area is 176 Å². The molecule has 0 spiro atoms. The van der Waals surface area contributed by atoms with Crippen LogP contribution in [0.5, 0.6) is 0 Å². The van der Waals surface area contributed by atoms with Crippen LogP contribution in [-0.4, -0.2) is 30.1 Å². The van der Waals surface area contributed by atoms with Gasteiger partial charge in [-0.25, -0.2) is 0 Å². The van der Waals surface area contributed by atoms with Crippen LogP contribution in [0.15, 0.2) is 0 Å². The SMILES string of the molecule is COC(=O)CC[C@@H](C)C1CCC2C3C(CC[C@@]21C)[C@@]1(C)CCC(=O)CC1C[C@@H]3O. The molecule has 0 aliphatic heterocycles. The molecule has 0 aromatic heterocycles. The number of Topliss-reactive ketones (excluding diaryl/α,β-unsaturated/α-hetero) is 1. The van der Waals surface area contributed by atoms with Crippen LogP contribution < -0.4 is 0 Å². The first-order chi connectivity index (χ1) is 13.7. The smallest absolute Gasteiger partial charge is 0.305 e. The van der Waals surface area contributed by atoms with Gasteiger partial charge in [-0.3, -0.25) is 9.59 Å². The van der Waals surface area contributed by atoms with E-state index < -0.39 is 0 Å². The maximum Gasteiger partial charge on any atom is 0.305 e. The lowest BCUT2D eigenvalue weighted by Gasteiger charge is -2.62. The molecule has 9 atom stereocenters. The van der Waals surface area contributed by atoms with E-state index in [1.54, 1.807) is 0 Å². The summed E-state index contributed by atoms with van der Waals surface area (Å²) in [6.45, 7) is 7.22. The fourth-order valence-electron chi connectivity index (χ4n) is 8.64. The summed E-state index contributed by atoms with van der Waals surface area (Å²) in [5.74, 6) is 3.35. The van der Waals surface area contributed by atoms with Gasteiger partial charge >= 0.3 is 5.97 Å². The van der Waals surface area contributed by atoms with Crippen LogP contribution >= 0.6 is 0 Å². The third-order valence-corrected chi connectivity index (χ3v) is 10.3. The summed E-state index contributed by atoms with van der Waals surface area (Å²) >= 11 is 0. The number of esters is 1. The Morgan fingerprint density at radius 1 is 1.17 bits per heavy atom. The van der Waals surface area contributed by atoms with Crippen molar-refractivity contribution in [2.45, 2.75) is 91.1 Å². The molecule has 29 heavy (non-hydrogen) atoms. The number of fused-ring (bicyclic) bond motifs is 5. The summed E-state index contributed by atoms with van der Waals surface area (Å²) in [4.78, 5) is 23.7. The average Bonchev–Trinajstić information content (AvgIpc) is 3.04. The summed E-state index contributed by atoms with van der Waals surface area (Å²) in [6.07, 6.45) is 9.27. The Morgan fingerprint density at radius 2 is 1.90 bits per heavy atom. The van der Waals surface area contributed by atoms with Gasteiger partial charge in [0.2, 0.25) is 0 Å². The molecule has 0 saturated heterocycles. The first kappa shape index (κ1) is 21.3. The van der Waals surface area contributed by atoms with Crippen molar-refractivity contribution in [3.8, 4) is 0 Å². The molecule has 4 nitrogen and oxygen atoms in total. The molecule has 4 saturated carbocycles. The van der Waals surface area contributed by atoms with Crippen molar-refractivity contribution < 1.29 is 19.4 Å². The van der Waals surface area contributed by atoms with Gasteiger partial charge in [-0.2, -0.15) is 0 Å². The zero-order chi connectivity index (χ0) is 21.0. The van der Waals surface area contributed by atoms with E-state index in [-0.39, 0.29) is 22.9 Å². The van der Waals surface area contributed by atoms with E-state index in [1.165, 1.54) is 32.8 Å². The number of rotatable bonds is 4. The fraction of sp³-hybridized carbons (Fsp3) is 0.920. The Bertz CT molecular complexity index is 659. The molecule has 164 valence electrons. The average molecular weight is 405 g/mol. The monoisotopic (exact) mass is 404 g/mol. The quantitative estimate of drug-likeness (QED) is 0.685. The normalized spacial score (nSPS) is 47.7. The van der Waals surface area contributed by atoms with Crippen molar-refractivity contribution >= 4 is 11.8 Å². The lowest BCUT2D eigenvalue weighted by molar-refractivity contribution is -0.169. The maximum absolute atomic E-state index is 12.1. The number of methoxy groups -OCH3 is 1. The van der Waals surface area contributed by atoms with E-state index in [4.69, 9.17) is 4.74 Å². The Hall–Kier alpha value is -0.900. The Balaban J connectivity index is 1.53. The van der Waals surface area contributed by atoms with Crippen LogP contribution in [0, 0.1) is 46.3 Å². The summed E-state index contributed by atoms with van der Waals surface area (Å²) in [6, 6.07) is 0. The second kappa shape index (κ2) is 7.66. The summed E-state index contributed by atoms with van der Waals surface area (Å²) < 4.78 is 4.85. The van der Waals surface area contributed by atoms with E-state index in [9.17, 15) is 14.7 Å². The molecular weight excluding hydrogens is 364 g/mol. The van der Waals surface area contributed by atoms with Crippen LogP contribution in [0.4, 0.5) is 0 Å². The molecule has 4 aliphatic carbocycles. The van der Waals surface area contributed by atoms with Crippen molar-refractivity contribution in [3.63, 3.8) is 0 Å². The molecule has 0 heterocycles. The van der Waals surface area contributed by atoms with Crippen molar-refractivity contribution in [2.75, 3.05) is 7.11 Å². The summed E-state index contributed by atoms with van der Waals surface area (Å²) in [5, 5.41) is 11.3. The van der Waals surface area contributed by atoms with Gasteiger partial charge in [-0.1, -0.05) is 20.8 Å². The van der Waals surface area contributed by atoms with Crippen LogP contribution in [0.1, 0.15) is 85.0 Å². The highest BCUT2D eigenvalue weighted by Crippen LogP contribution is 2.68. The van der Waals surface area contributed by atoms with Crippen molar-refractivity contribution in [3.05, 3.63) is 0 Å². The van der Waals surface area contributed by atoms with Crippen molar-refractivity contribution in [1.29, 1.82) is 0 Å². The number of ketones is 1. The molecule has 1 N–H and O–H groups in total. The number of carbonyl (C=O) groups is 2. The number of aliphatic hydroxyl groups is 1. The van der Waals surface area contributed by atoms with E-state index in [0.29, 0.717) is 54.1 Å². The highest BCUT2D eigenvalue weighted by Gasteiger charge is 2.62. The molecule has 4 aliphatic rings. The van der Waals surface area contributed by atoms with Gasteiger partial charge < -0.3 is 9.84 Å².